The van der Waals surface area contributed by atoms with Gasteiger partial charge in [-0.3, -0.25) is 0 Å². The van der Waals surface area contributed by atoms with Crippen LogP contribution in [0, 0.1) is 0 Å². The number of hydrogen-bond donors (Lipinski definition) is 0. The summed E-state index contributed by atoms with van der Waals surface area (Å²) >= 11 is 0. The molecular formula is C4H7BO-. The van der Waals surface area contributed by atoms with Gasteiger partial charge in [0.05, 0.1) is 0 Å². The van der Waals surface area contributed by atoms with Crippen LogP contribution >= 0.6 is 0 Å². The zero-order valence-corrected chi connectivity index (χ0v) is 3.68. The first-order valence-electron chi connectivity index (χ1n) is 2.27. The average Bonchev–Trinajstić information content (AvgIpc) is 1.86. The predicted molar refractivity (Wildman–Crippen MR) is 24.7 cm³/mol. The van der Waals surface area contributed by atoms with Crippen LogP contribution in [0.15, 0.2) is 0 Å². The van der Waals surface area contributed by atoms with Gasteiger partial charge in [-0.2, -0.15) is 6.00 Å². The SMILES string of the molecule is [B-]C1CCCO1. The minimum atomic E-state index is 0.0463. The van der Waals surface area contributed by atoms with E-state index in [1.54, 1.807) is 0 Å². The van der Waals surface area contributed by atoms with E-state index in [1.165, 1.54) is 0 Å². The van der Waals surface area contributed by atoms with Crippen LogP contribution in [0.2, 0.25) is 0 Å². The summed E-state index contributed by atoms with van der Waals surface area (Å²) < 4.78 is 4.93. The fraction of sp³-hybridized carbons (Fsp3) is 1.00. The monoisotopic (exact) mass is 82.1 g/mol. The summed E-state index contributed by atoms with van der Waals surface area (Å²) in [6.45, 7) is 0.862. The summed E-state index contributed by atoms with van der Waals surface area (Å²) in [5.41, 5.74) is 0. The van der Waals surface area contributed by atoms with Gasteiger partial charge >= 0.3 is 0 Å². The molecule has 0 aromatic heterocycles. The molecule has 1 saturated heterocycles. The zero-order chi connectivity index (χ0) is 4.41. The van der Waals surface area contributed by atoms with Crippen molar-refractivity contribution in [3.63, 3.8) is 0 Å². The van der Waals surface area contributed by atoms with E-state index in [4.69, 9.17) is 12.6 Å². The summed E-state index contributed by atoms with van der Waals surface area (Å²) in [5.74, 6) is 0. The topological polar surface area (TPSA) is 9.23 Å². The van der Waals surface area contributed by atoms with E-state index < -0.39 is 0 Å². The van der Waals surface area contributed by atoms with E-state index in [0.29, 0.717) is 0 Å². The van der Waals surface area contributed by atoms with Crippen LogP contribution in [0.1, 0.15) is 12.8 Å². The number of hydrogen-bond acceptors (Lipinski definition) is 1. The van der Waals surface area contributed by atoms with Crippen LogP contribution in [-0.2, 0) is 4.74 Å². The highest BCUT2D eigenvalue weighted by Crippen LogP contribution is 2.06. The molecule has 0 spiro atoms. The van der Waals surface area contributed by atoms with Gasteiger partial charge in [-0.15, -0.1) is 0 Å². The standard InChI is InChI=1S/C4H7BO/c5-4-2-1-3-6-4/h4H,1-3H2/q-1. The third-order valence-corrected chi connectivity index (χ3v) is 0.965. The van der Waals surface area contributed by atoms with Crippen molar-refractivity contribution >= 4 is 7.85 Å². The molecule has 1 unspecified atom stereocenters. The maximum absolute atomic E-state index is 5.31. The van der Waals surface area contributed by atoms with Crippen molar-refractivity contribution in [3.8, 4) is 0 Å². The molecule has 3 radical (unpaired) electrons. The first kappa shape index (κ1) is 4.19. The van der Waals surface area contributed by atoms with Crippen molar-refractivity contribution in [3.05, 3.63) is 0 Å². The largest absolute Gasteiger partial charge is 0.584 e. The Morgan fingerprint density at radius 2 is 2.50 bits per heavy atom. The van der Waals surface area contributed by atoms with E-state index >= 15 is 0 Å². The molecule has 1 atom stereocenters. The molecule has 1 fully saturated rings. The lowest BCUT2D eigenvalue weighted by Gasteiger charge is -2.12. The summed E-state index contributed by atoms with van der Waals surface area (Å²) in [7, 11) is 5.31. The highest BCUT2D eigenvalue weighted by Gasteiger charge is 1.97. The Balaban J connectivity index is 2.18. The summed E-state index contributed by atoms with van der Waals surface area (Å²) in [4.78, 5) is 0. The number of rotatable bonds is 0. The lowest BCUT2D eigenvalue weighted by molar-refractivity contribution is 0.168. The van der Waals surface area contributed by atoms with Gasteiger partial charge in [-0.1, -0.05) is 6.42 Å². The predicted octanol–water partition coefficient (Wildman–Crippen LogP) is 0.291. The Kier molecular flexibility index (Phi) is 1.15. The summed E-state index contributed by atoms with van der Waals surface area (Å²) in [5, 5.41) is 0. The Morgan fingerprint density at radius 3 is 2.67 bits per heavy atom. The molecule has 0 bridgehead atoms. The lowest BCUT2D eigenvalue weighted by Crippen LogP contribution is -2.01. The van der Waals surface area contributed by atoms with Gasteiger partial charge in [0.2, 0.25) is 0 Å². The van der Waals surface area contributed by atoms with Gasteiger partial charge in [0.25, 0.3) is 0 Å². The third kappa shape index (κ3) is 0.746. The van der Waals surface area contributed by atoms with E-state index in [-0.39, 0.29) is 6.00 Å². The van der Waals surface area contributed by atoms with Crippen molar-refractivity contribution < 1.29 is 4.74 Å². The second kappa shape index (κ2) is 1.65. The van der Waals surface area contributed by atoms with Crippen LogP contribution in [0.3, 0.4) is 0 Å². The van der Waals surface area contributed by atoms with Gasteiger partial charge in [-0.25, -0.2) is 0 Å². The highest BCUT2D eigenvalue weighted by atomic mass is 16.5. The van der Waals surface area contributed by atoms with Gasteiger partial charge in [0.1, 0.15) is 0 Å². The second-order valence-electron chi connectivity index (χ2n) is 1.55. The minimum absolute atomic E-state index is 0.0463. The normalized spacial score (nSPS) is 34.5. The molecule has 1 aliphatic heterocycles. The van der Waals surface area contributed by atoms with Crippen molar-refractivity contribution in [1.82, 2.24) is 0 Å². The number of ether oxygens (including phenoxy) is 1. The highest BCUT2D eigenvalue weighted by molar-refractivity contribution is 6.11. The molecule has 0 aromatic rings. The smallest absolute Gasteiger partial charge is 0.0420 e. The Hall–Kier alpha value is 0.0249. The zero-order valence-electron chi connectivity index (χ0n) is 3.68. The Morgan fingerprint density at radius 1 is 1.67 bits per heavy atom. The molecule has 1 aliphatic rings. The summed E-state index contributed by atoms with van der Waals surface area (Å²) in [6.07, 6.45) is 2.18. The quantitative estimate of drug-likeness (QED) is 0.381. The second-order valence-corrected chi connectivity index (χ2v) is 1.55. The van der Waals surface area contributed by atoms with Gasteiger partial charge in [0.15, 0.2) is 0 Å². The van der Waals surface area contributed by atoms with E-state index in [9.17, 15) is 0 Å². The maximum atomic E-state index is 5.31. The third-order valence-electron chi connectivity index (χ3n) is 0.965. The van der Waals surface area contributed by atoms with Crippen molar-refractivity contribution in [1.29, 1.82) is 0 Å². The van der Waals surface area contributed by atoms with Gasteiger partial charge < -0.3 is 12.6 Å². The Bertz CT molecular complexity index is 40.8. The molecule has 0 N–H and O–H groups in total. The minimum Gasteiger partial charge on any atom is -0.584 e. The fourth-order valence-electron chi connectivity index (χ4n) is 0.603. The van der Waals surface area contributed by atoms with Crippen LogP contribution in [-0.4, -0.2) is 20.5 Å². The van der Waals surface area contributed by atoms with E-state index in [0.717, 1.165) is 19.4 Å². The summed E-state index contributed by atoms with van der Waals surface area (Å²) in [6, 6.07) is 0.0463. The fourth-order valence-corrected chi connectivity index (χ4v) is 0.603. The van der Waals surface area contributed by atoms with Crippen molar-refractivity contribution in [2.24, 2.45) is 0 Å². The molecule has 0 aromatic carbocycles. The molecule has 0 aliphatic carbocycles. The molecule has 1 rings (SSSR count). The van der Waals surface area contributed by atoms with E-state index in [2.05, 4.69) is 0 Å². The molecule has 1 heterocycles. The maximum Gasteiger partial charge on any atom is 0.0420 e. The van der Waals surface area contributed by atoms with Crippen molar-refractivity contribution in [2.45, 2.75) is 18.8 Å². The molecule has 1 nitrogen and oxygen atoms in total. The first-order chi connectivity index (χ1) is 2.89. The van der Waals surface area contributed by atoms with E-state index in [1.807, 2.05) is 0 Å². The van der Waals surface area contributed by atoms with Crippen LogP contribution in [0.25, 0.3) is 0 Å². The molecule has 6 heavy (non-hydrogen) atoms. The van der Waals surface area contributed by atoms with Crippen LogP contribution < -0.4 is 0 Å². The molecule has 0 saturated carbocycles. The van der Waals surface area contributed by atoms with Crippen LogP contribution in [0.4, 0.5) is 0 Å². The molecular weight excluding hydrogens is 74.9 g/mol. The Labute approximate surface area is 39.1 Å². The molecule has 0 amide bonds. The lowest BCUT2D eigenvalue weighted by atomic mass is 9.98. The molecule has 2 heteroatoms. The van der Waals surface area contributed by atoms with Gasteiger partial charge in [0, 0.05) is 6.61 Å². The van der Waals surface area contributed by atoms with Gasteiger partial charge in [-0.05, 0) is 6.42 Å². The average molecular weight is 81.9 g/mol. The first-order valence-corrected chi connectivity index (χ1v) is 2.27. The van der Waals surface area contributed by atoms with Crippen LogP contribution in [0.5, 0.6) is 0 Å². The van der Waals surface area contributed by atoms with Crippen molar-refractivity contribution in [2.75, 3.05) is 6.61 Å². The molecule has 33 valence electrons.